The van der Waals surface area contributed by atoms with Crippen LogP contribution < -0.4 is 10.6 Å². The summed E-state index contributed by atoms with van der Waals surface area (Å²) in [4.78, 5) is 39.2. The molecule has 0 spiro atoms. The van der Waals surface area contributed by atoms with Crippen molar-refractivity contribution in [2.75, 3.05) is 11.5 Å². The molecule has 2 aromatic carbocycles. The van der Waals surface area contributed by atoms with Crippen LogP contribution in [0.15, 0.2) is 66.4 Å². The highest BCUT2D eigenvalue weighted by Gasteiger charge is 2.55. The van der Waals surface area contributed by atoms with Crippen molar-refractivity contribution in [3.8, 4) is 0 Å². The molecule has 7 nitrogen and oxygen atoms in total. The summed E-state index contributed by atoms with van der Waals surface area (Å²) in [7, 11) is 0. The Morgan fingerprint density at radius 1 is 1.04 bits per heavy atom. The van der Waals surface area contributed by atoms with Gasteiger partial charge in [-0.3, -0.25) is 9.69 Å². The van der Waals surface area contributed by atoms with Gasteiger partial charge >= 0.3 is 12.1 Å². The summed E-state index contributed by atoms with van der Waals surface area (Å²) in [6.45, 7) is 3.08. The molecule has 0 fully saturated rings. The van der Waals surface area contributed by atoms with Crippen molar-refractivity contribution in [3.63, 3.8) is 0 Å². The lowest BCUT2D eigenvalue weighted by Gasteiger charge is -2.33. The Hall–Kier alpha value is -3.61. The van der Waals surface area contributed by atoms with E-state index in [4.69, 9.17) is 10.5 Å². The standard InChI is InChI=1S/C21H20N2O5/c1-3-27-20(26)28-19(25)21(2)17(22)16(14-10-6-4-7-11-14)18(24)23(21)15-12-8-5-9-13-15/h4-13H,3,22H2,1-2H3. The molecule has 1 aliphatic heterocycles. The summed E-state index contributed by atoms with van der Waals surface area (Å²) in [5, 5.41) is 0. The second-order valence-corrected chi connectivity index (χ2v) is 6.28. The third kappa shape index (κ3) is 3.11. The number of rotatable bonds is 4. The number of hydrogen-bond acceptors (Lipinski definition) is 6. The minimum atomic E-state index is -1.71. The lowest BCUT2D eigenvalue weighted by Crippen LogP contribution is -2.55. The third-order valence-electron chi connectivity index (χ3n) is 4.57. The molecule has 1 aliphatic rings. The van der Waals surface area contributed by atoms with Crippen LogP contribution in [0.25, 0.3) is 5.57 Å². The second-order valence-electron chi connectivity index (χ2n) is 6.28. The molecule has 2 N–H and O–H groups in total. The number of carbonyl (C=O) groups excluding carboxylic acids is 3. The van der Waals surface area contributed by atoms with Gasteiger partial charge in [0.05, 0.1) is 17.9 Å². The Morgan fingerprint density at radius 3 is 2.18 bits per heavy atom. The Kier molecular flexibility index (Phi) is 5.17. The molecule has 0 aromatic heterocycles. The highest BCUT2D eigenvalue weighted by Crippen LogP contribution is 2.41. The van der Waals surface area contributed by atoms with Crippen LogP contribution in [0, 0.1) is 0 Å². The smallest absolute Gasteiger partial charge is 0.434 e. The van der Waals surface area contributed by atoms with Crippen LogP contribution in [0.1, 0.15) is 19.4 Å². The molecule has 0 saturated carbocycles. The minimum absolute atomic E-state index is 0.00171. The van der Waals surface area contributed by atoms with Gasteiger partial charge in [0.2, 0.25) is 0 Å². The van der Waals surface area contributed by atoms with E-state index in [9.17, 15) is 14.4 Å². The maximum atomic E-state index is 13.3. The van der Waals surface area contributed by atoms with Crippen molar-refractivity contribution < 1.29 is 23.9 Å². The molecule has 3 rings (SSSR count). The normalized spacial score (nSPS) is 18.9. The largest absolute Gasteiger partial charge is 0.516 e. The van der Waals surface area contributed by atoms with E-state index in [1.165, 1.54) is 11.8 Å². The number of nitrogens with two attached hydrogens (primary N) is 1. The maximum Gasteiger partial charge on any atom is 0.516 e. The zero-order chi connectivity index (χ0) is 20.3. The molecule has 1 amide bonds. The molecular weight excluding hydrogens is 360 g/mol. The molecule has 1 unspecified atom stereocenters. The summed E-state index contributed by atoms with van der Waals surface area (Å²) in [5.74, 6) is -1.45. The molecule has 0 aliphatic carbocycles. The maximum absolute atomic E-state index is 13.3. The zero-order valence-corrected chi connectivity index (χ0v) is 15.5. The zero-order valence-electron chi connectivity index (χ0n) is 15.5. The molecule has 0 saturated heterocycles. The summed E-state index contributed by atoms with van der Waals surface area (Å²) in [6.07, 6.45) is -1.14. The van der Waals surface area contributed by atoms with E-state index in [2.05, 4.69) is 4.74 Å². The van der Waals surface area contributed by atoms with Gasteiger partial charge in [-0.1, -0.05) is 48.5 Å². The van der Waals surface area contributed by atoms with E-state index in [0.29, 0.717) is 11.3 Å². The van der Waals surface area contributed by atoms with Gasteiger partial charge in [-0.15, -0.1) is 0 Å². The number of nitrogens with zero attached hydrogens (tertiary/aromatic N) is 1. The first-order valence-electron chi connectivity index (χ1n) is 8.75. The molecule has 1 atom stereocenters. The fraction of sp³-hybridized carbons (Fsp3) is 0.190. The van der Waals surface area contributed by atoms with Crippen LogP contribution in [0.2, 0.25) is 0 Å². The molecule has 1 heterocycles. The summed E-state index contributed by atoms with van der Waals surface area (Å²) in [5.41, 5.74) is 5.82. The van der Waals surface area contributed by atoms with Gasteiger partial charge < -0.3 is 15.2 Å². The molecule has 28 heavy (non-hydrogen) atoms. The molecule has 144 valence electrons. The van der Waals surface area contributed by atoms with E-state index in [-0.39, 0.29) is 17.9 Å². The number of ether oxygens (including phenoxy) is 2. The molecule has 0 radical (unpaired) electrons. The van der Waals surface area contributed by atoms with Crippen LogP contribution in [-0.4, -0.2) is 30.2 Å². The van der Waals surface area contributed by atoms with Gasteiger partial charge in [-0.2, -0.15) is 0 Å². The van der Waals surface area contributed by atoms with Crippen molar-refractivity contribution in [3.05, 3.63) is 71.9 Å². The van der Waals surface area contributed by atoms with Gasteiger partial charge in [0.1, 0.15) is 0 Å². The fourth-order valence-corrected chi connectivity index (χ4v) is 3.15. The fourth-order valence-electron chi connectivity index (χ4n) is 3.15. The highest BCUT2D eigenvalue weighted by atomic mass is 16.7. The van der Waals surface area contributed by atoms with E-state index in [1.54, 1.807) is 61.5 Å². The topological polar surface area (TPSA) is 98.9 Å². The van der Waals surface area contributed by atoms with Crippen LogP contribution in [-0.2, 0) is 19.1 Å². The van der Waals surface area contributed by atoms with Crippen molar-refractivity contribution in [2.45, 2.75) is 19.4 Å². The van der Waals surface area contributed by atoms with Crippen LogP contribution in [0.3, 0.4) is 0 Å². The molecule has 7 heteroatoms. The summed E-state index contributed by atoms with van der Waals surface area (Å²) in [6, 6.07) is 17.4. The van der Waals surface area contributed by atoms with Crippen LogP contribution in [0.5, 0.6) is 0 Å². The van der Waals surface area contributed by atoms with Crippen molar-refractivity contribution in [2.24, 2.45) is 5.73 Å². The minimum Gasteiger partial charge on any atom is -0.434 e. The first-order chi connectivity index (χ1) is 13.4. The van der Waals surface area contributed by atoms with Crippen molar-refractivity contribution >= 4 is 29.3 Å². The van der Waals surface area contributed by atoms with E-state index in [0.717, 1.165) is 0 Å². The predicted molar refractivity (Wildman–Crippen MR) is 103 cm³/mol. The Bertz CT molecular complexity index is 940. The first-order valence-corrected chi connectivity index (χ1v) is 8.75. The third-order valence-corrected chi connectivity index (χ3v) is 4.57. The number of para-hydroxylation sites is 1. The van der Waals surface area contributed by atoms with Crippen molar-refractivity contribution in [1.29, 1.82) is 0 Å². The van der Waals surface area contributed by atoms with Gasteiger partial charge in [-0.05, 0) is 31.5 Å². The molecule has 2 aromatic rings. The van der Waals surface area contributed by atoms with Gasteiger partial charge in [0.25, 0.3) is 5.91 Å². The van der Waals surface area contributed by atoms with Crippen molar-refractivity contribution in [1.82, 2.24) is 0 Å². The number of amides is 1. The number of carbonyl (C=O) groups is 3. The van der Waals surface area contributed by atoms with Gasteiger partial charge in [0.15, 0.2) is 5.54 Å². The average Bonchev–Trinajstić information content (AvgIpc) is 2.90. The highest BCUT2D eigenvalue weighted by molar-refractivity contribution is 6.33. The Morgan fingerprint density at radius 2 is 1.61 bits per heavy atom. The monoisotopic (exact) mass is 380 g/mol. The Balaban J connectivity index is 2.13. The van der Waals surface area contributed by atoms with Crippen LogP contribution >= 0.6 is 0 Å². The number of benzene rings is 2. The number of esters is 1. The van der Waals surface area contributed by atoms with Gasteiger partial charge in [-0.25, -0.2) is 9.59 Å². The van der Waals surface area contributed by atoms with E-state index in [1.807, 2.05) is 6.07 Å². The number of hydrogen-bond donors (Lipinski definition) is 1. The van der Waals surface area contributed by atoms with E-state index >= 15 is 0 Å². The average molecular weight is 380 g/mol. The lowest BCUT2D eigenvalue weighted by molar-refractivity contribution is -0.144. The van der Waals surface area contributed by atoms with Crippen LogP contribution in [0.4, 0.5) is 10.5 Å². The van der Waals surface area contributed by atoms with E-state index < -0.39 is 23.6 Å². The molecule has 0 bridgehead atoms. The summed E-state index contributed by atoms with van der Waals surface area (Å²) < 4.78 is 9.51. The molecular formula is C21H20N2O5. The SMILES string of the molecule is CCOC(=O)OC(=O)C1(C)C(N)=C(c2ccccc2)C(=O)N1c1ccccc1. The second kappa shape index (κ2) is 7.56. The summed E-state index contributed by atoms with van der Waals surface area (Å²) >= 11 is 0. The lowest BCUT2D eigenvalue weighted by atomic mass is 9.95. The Labute approximate surface area is 162 Å². The predicted octanol–water partition coefficient (Wildman–Crippen LogP) is 2.86. The number of anilines is 1. The quantitative estimate of drug-likeness (QED) is 0.647. The van der Waals surface area contributed by atoms with Gasteiger partial charge in [0, 0.05) is 5.69 Å². The first kappa shape index (κ1) is 19.2.